The molecule has 1 heterocycles. The molecule has 0 bridgehead atoms. The minimum atomic E-state index is -0.372. The normalized spacial score (nSPS) is 11.1. The third-order valence-corrected chi connectivity index (χ3v) is 2.32. The first-order valence-corrected chi connectivity index (χ1v) is 5.00. The average molecular weight is 216 g/mol. The Morgan fingerprint density at radius 3 is 2.88 bits per heavy atom. The lowest BCUT2D eigenvalue weighted by Crippen LogP contribution is -2.02. The molecule has 82 valence electrons. The number of allylic oxidation sites excluding steroid dienone is 1. The van der Waals surface area contributed by atoms with E-state index in [2.05, 4.69) is 0 Å². The lowest BCUT2D eigenvalue weighted by Gasteiger charge is -2.03. The second kappa shape index (κ2) is 4.23. The summed E-state index contributed by atoms with van der Waals surface area (Å²) in [6, 6.07) is 7.27. The third kappa shape index (κ3) is 1.72. The van der Waals surface area contributed by atoms with E-state index in [1.165, 1.54) is 7.11 Å². The molecule has 0 saturated carbocycles. The Labute approximate surface area is 93.0 Å². The van der Waals surface area contributed by atoms with Crippen molar-refractivity contribution in [2.45, 2.75) is 6.92 Å². The Morgan fingerprint density at radius 2 is 2.19 bits per heavy atom. The van der Waals surface area contributed by atoms with E-state index in [0.29, 0.717) is 16.9 Å². The molecule has 1 aromatic heterocycles. The molecule has 0 unspecified atom stereocenters. The maximum Gasteiger partial charge on any atom is 0.347 e. The summed E-state index contributed by atoms with van der Waals surface area (Å²) in [7, 11) is 1.54. The molecule has 16 heavy (non-hydrogen) atoms. The Bertz CT molecular complexity index is 594. The van der Waals surface area contributed by atoms with Crippen molar-refractivity contribution in [3.8, 4) is 5.75 Å². The third-order valence-electron chi connectivity index (χ3n) is 2.32. The molecule has 0 N–H and O–H groups in total. The molecule has 0 radical (unpaired) electrons. The van der Waals surface area contributed by atoms with Gasteiger partial charge in [-0.25, -0.2) is 4.79 Å². The van der Waals surface area contributed by atoms with E-state index in [1.54, 1.807) is 12.1 Å². The maximum atomic E-state index is 11.8. The summed E-state index contributed by atoms with van der Waals surface area (Å²) in [5.41, 5.74) is -0.372. The predicted molar refractivity (Wildman–Crippen MR) is 63.7 cm³/mol. The van der Waals surface area contributed by atoms with Crippen molar-refractivity contribution in [3.05, 3.63) is 46.5 Å². The quantitative estimate of drug-likeness (QED) is 0.774. The van der Waals surface area contributed by atoms with Gasteiger partial charge in [0, 0.05) is 0 Å². The fourth-order valence-corrected chi connectivity index (χ4v) is 1.64. The zero-order valence-electron chi connectivity index (χ0n) is 9.19. The van der Waals surface area contributed by atoms with Gasteiger partial charge in [0.05, 0.1) is 7.11 Å². The molecule has 0 fully saturated rings. The first kappa shape index (κ1) is 10.5. The molecular weight excluding hydrogens is 204 g/mol. The van der Waals surface area contributed by atoms with Crippen molar-refractivity contribution < 1.29 is 9.15 Å². The van der Waals surface area contributed by atoms with Gasteiger partial charge in [-0.05, 0) is 30.5 Å². The van der Waals surface area contributed by atoms with Gasteiger partial charge in [0.2, 0.25) is 0 Å². The van der Waals surface area contributed by atoms with Crippen LogP contribution in [0.1, 0.15) is 12.7 Å². The van der Waals surface area contributed by atoms with Crippen LogP contribution in [0, 0.1) is 0 Å². The van der Waals surface area contributed by atoms with Gasteiger partial charge in [-0.1, -0.05) is 18.2 Å². The van der Waals surface area contributed by atoms with Crippen molar-refractivity contribution in [1.29, 1.82) is 0 Å². The molecule has 0 aliphatic heterocycles. The molecule has 0 aliphatic carbocycles. The molecule has 1 aromatic carbocycles. The van der Waals surface area contributed by atoms with Crippen LogP contribution in [0.2, 0.25) is 0 Å². The van der Waals surface area contributed by atoms with Crippen LogP contribution in [0.25, 0.3) is 16.8 Å². The van der Waals surface area contributed by atoms with Crippen LogP contribution in [0.4, 0.5) is 0 Å². The van der Waals surface area contributed by atoms with Crippen molar-refractivity contribution in [2.75, 3.05) is 7.11 Å². The van der Waals surface area contributed by atoms with Crippen LogP contribution in [-0.2, 0) is 0 Å². The van der Waals surface area contributed by atoms with E-state index >= 15 is 0 Å². The standard InChI is InChI=1S/C13H12O3/c1-3-5-10-8-9-6-4-7-11(15-2)12(9)13(14)16-10/h3-8H,1-2H3/b5-3+. The minimum absolute atomic E-state index is 0.372. The summed E-state index contributed by atoms with van der Waals surface area (Å²) in [6.07, 6.45) is 3.57. The lowest BCUT2D eigenvalue weighted by molar-refractivity contribution is 0.416. The predicted octanol–water partition coefficient (Wildman–Crippen LogP) is 2.83. The second-order valence-electron chi connectivity index (χ2n) is 3.36. The fourth-order valence-electron chi connectivity index (χ4n) is 1.64. The summed E-state index contributed by atoms with van der Waals surface area (Å²) >= 11 is 0. The minimum Gasteiger partial charge on any atom is -0.496 e. The van der Waals surface area contributed by atoms with E-state index in [4.69, 9.17) is 9.15 Å². The van der Waals surface area contributed by atoms with Crippen LogP contribution >= 0.6 is 0 Å². The van der Waals surface area contributed by atoms with Gasteiger partial charge in [0.1, 0.15) is 16.9 Å². The molecule has 0 aliphatic rings. The Kier molecular flexibility index (Phi) is 2.77. The second-order valence-corrected chi connectivity index (χ2v) is 3.36. The molecule has 0 spiro atoms. The van der Waals surface area contributed by atoms with Crippen LogP contribution in [0.5, 0.6) is 5.75 Å². The van der Waals surface area contributed by atoms with Crippen LogP contribution < -0.4 is 10.4 Å². The molecule has 0 amide bonds. The zero-order chi connectivity index (χ0) is 11.5. The van der Waals surface area contributed by atoms with Crippen molar-refractivity contribution in [2.24, 2.45) is 0 Å². The Hall–Kier alpha value is -2.03. The highest BCUT2D eigenvalue weighted by atomic mass is 16.5. The van der Waals surface area contributed by atoms with Gasteiger partial charge in [0.25, 0.3) is 0 Å². The van der Waals surface area contributed by atoms with Gasteiger partial charge in [-0.3, -0.25) is 0 Å². The Balaban J connectivity index is 2.81. The number of fused-ring (bicyclic) bond motifs is 1. The number of hydrogen-bond acceptors (Lipinski definition) is 3. The van der Waals surface area contributed by atoms with Crippen molar-refractivity contribution in [3.63, 3.8) is 0 Å². The highest BCUT2D eigenvalue weighted by Crippen LogP contribution is 2.22. The van der Waals surface area contributed by atoms with E-state index in [9.17, 15) is 4.79 Å². The summed E-state index contributed by atoms with van der Waals surface area (Å²) in [6.45, 7) is 1.87. The van der Waals surface area contributed by atoms with E-state index in [1.807, 2.05) is 31.2 Å². The molecule has 2 aromatic rings. The first-order chi connectivity index (χ1) is 7.76. The summed E-state index contributed by atoms with van der Waals surface area (Å²) < 4.78 is 10.3. The lowest BCUT2D eigenvalue weighted by atomic mass is 10.1. The zero-order valence-corrected chi connectivity index (χ0v) is 9.19. The van der Waals surface area contributed by atoms with Gasteiger partial charge in [-0.2, -0.15) is 0 Å². The maximum absolute atomic E-state index is 11.8. The summed E-state index contributed by atoms with van der Waals surface area (Å²) in [5.74, 6) is 1.09. The van der Waals surface area contributed by atoms with Crippen LogP contribution in [-0.4, -0.2) is 7.11 Å². The van der Waals surface area contributed by atoms with E-state index in [0.717, 1.165) is 5.39 Å². The SMILES string of the molecule is C/C=C/c1cc2cccc(OC)c2c(=O)o1. The van der Waals surface area contributed by atoms with Crippen molar-refractivity contribution >= 4 is 16.8 Å². The van der Waals surface area contributed by atoms with E-state index < -0.39 is 0 Å². The van der Waals surface area contributed by atoms with Gasteiger partial charge in [-0.15, -0.1) is 0 Å². The van der Waals surface area contributed by atoms with Crippen LogP contribution in [0.3, 0.4) is 0 Å². The number of ether oxygens (including phenoxy) is 1. The topological polar surface area (TPSA) is 39.4 Å². The molecule has 3 heteroatoms. The highest BCUT2D eigenvalue weighted by molar-refractivity contribution is 5.87. The van der Waals surface area contributed by atoms with Gasteiger partial charge < -0.3 is 9.15 Å². The molecule has 0 atom stereocenters. The average Bonchev–Trinajstić information content (AvgIpc) is 2.28. The molecule has 0 saturated heterocycles. The summed E-state index contributed by atoms with van der Waals surface area (Å²) in [5, 5.41) is 1.31. The number of rotatable bonds is 2. The van der Waals surface area contributed by atoms with Gasteiger partial charge in [0.15, 0.2) is 0 Å². The number of methoxy groups -OCH3 is 1. The highest BCUT2D eigenvalue weighted by Gasteiger charge is 2.07. The first-order valence-electron chi connectivity index (χ1n) is 5.00. The molecule has 3 nitrogen and oxygen atoms in total. The smallest absolute Gasteiger partial charge is 0.347 e. The molecular formula is C13H12O3. The summed E-state index contributed by atoms with van der Waals surface area (Å²) in [4.78, 5) is 11.8. The number of hydrogen-bond donors (Lipinski definition) is 0. The monoisotopic (exact) mass is 216 g/mol. The van der Waals surface area contributed by atoms with Crippen molar-refractivity contribution in [1.82, 2.24) is 0 Å². The Morgan fingerprint density at radius 1 is 1.38 bits per heavy atom. The largest absolute Gasteiger partial charge is 0.496 e. The van der Waals surface area contributed by atoms with Gasteiger partial charge >= 0.3 is 5.63 Å². The van der Waals surface area contributed by atoms with Crippen LogP contribution in [0.15, 0.2) is 39.6 Å². The molecule has 2 rings (SSSR count). The fraction of sp³-hybridized carbons (Fsp3) is 0.154. The number of benzene rings is 1. The van der Waals surface area contributed by atoms with E-state index in [-0.39, 0.29) is 5.63 Å².